The summed E-state index contributed by atoms with van der Waals surface area (Å²) < 4.78 is 20.4. The van der Waals surface area contributed by atoms with Gasteiger partial charge in [-0.15, -0.1) is 11.3 Å². The predicted molar refractivity (Wildman–Crippen MR) is 95.7 cm³/mol. The van der Waals surface area contributed by atoms with E-state index in [1.807, 2.05) is 30.5 Å². The smallest absolute Gasteiger partial charge is 0.159 e. The molecular formula is C19H20FNO2S. The van der Waals surface area contributed by atoms with Gasteiger partial charge < -0.3 is 9.84 Å². The Morgan fingerprint density at radius 1 is 1.29 bits per heavy atom. The summed E-state index contributed by atoms with van der Waals surface area (Å²) in [5.74, 6) is -1.33. The summed E-state index contributed by atoms with van der Waals surface area (Å²) in [6.07, 6.45) is 1.73. The molecule has 2 aromatic heterocycles. The number of thiophene rings is 1. The van der Waals surface area contributed by atoms with Crippen LogP contribution < -0.4 is 0 Å². The van der Waals surface area contributed by atoms with Gasteiger partial charge in [-0.3, -0.25) is 4.98 Å². The second kappa shape index (κ2) is 6.59. The molecule has 0 fully saturated rings. The number of aromatic nitrogens is 1. The normalized spacial score (nSPS) is 13.4. The molecule has 0 saturated carbocycles. The lowest BCUT2D eigenvalue weighted by Gasteiger charge is -2.21. The van der Waals surface area contributed by atoms with Gasteiger partial charge in [0.05, 0.1) is 12.3 Å². The Morgan fingerprint density at radius 3 is 2.83 bits per heavy atom. The van der Waals surface area contributed by atoms with Crippen molar-refractivity contribution in [2.45, 2.75) is 32.5 Å². The minimum absolute atomic E-state index is 0.0885. The van der Waals surface area contributed by atoms with Gasteiger partial charge in [0.25, 0.3) is 0 Å². The molecule has 0 aliphatic heterocycles. The molecule has 0 aliphatic rings. The average molecular weight is 345 g/mol. The first-order valence-electron chi connectivity index (χ1n) is 7.83. The number of hydrogen-bond donors (Lipinski definition) is 1. The monoisotopic (exact) mass is 345 g/mol. The van der Waals surface area contributed by atoms with Crippen LogP contribution in [-0.4, -0.2) is 22.5 Å². The fourth-order valence-corrected chi connectivity index (χ4v) is 3.47. The molecule has 0 bridgehead atoms. The van der Waals surface area contributed by atoms with Crippen molar-refractivity contribution in [3.8, 4) is 11.3 Å². The van der Waals surface area contributed by atoms with E-state index in [2.05, 4.69) is 4.98 Å². The van der Waals surface area contributed by atoms with Gasteiger partial charge in [-0.2, -0.15) is 0 Å². The van der Waals surface area contributed by atoms with Crippen LogP contribution in [0.4, 0.5) is 4.39 Å². The summed E-state index contributed by atoms with van der Waals surface area (Å²) in [6, 6.07) is 8.87. The number of hydrogen-bond acceptors (Lipinski definition) is 4. The van der Waals surface area contributed by atoms with Crippen molar-refractivity contribution in [2.24, 2.45) is 0 Å². The van der Waals surface area contributed by atoms with Crippen LogP contribution in [0, 0.1) is 5.82 Å². The van der Waals surface area contributed by atoms with E-state index in [0.717, 1.165) is 26.9 Å². The Kier molecular flexibility index (Phi) is 4.67. The van der Waals surface area contributed by atoms with Crippen LogP contribution in [0.15, 0.2) is 41.9 Å². The lowest BCUT2D eigenvalue weighted by atomic mass is 10.00. The fraction of sp³-hybridized carbons (Fsp3) is 0.316. The zero-order valence-electron chi connectivity index (χ0n) is 13.9. The number of halogens is 1. The molecule has 1 unspecified atom stereocenters. The van der Waals surface area contributed by atoms with E-state index in [-0.39, 0.29) is 11.7 Å². The topological polar surface area (TPSA) is 42.4 Å². The Labute approximate surface area is 144 Å². The number of nitrogens with zero attached hydrogens (tertiary/aromatic N) is 1. The Hall–Kier alpha value is -1.82. The van der Waals surface area contributed by atoms with Gasteiger partial charge >= 0.3 is 0 Å². The molecule has 3 aromatic rings. The third-order valence-electron chi connectivity index (χ3n) is 3.83. The van der Waals surface area contributed by atoms with E-state index >= 15 is 0 Å². The van der Waals surface area contributed by atoms with Crippen molar-refractivity contribution in [3.05, 3.63) is 53.3 Å². The van der Waals surface area contributed by atoms with Gasteiger partial charge in [-0.1, -0.05) is 6.92 Å². The molecule has 0 aliphatic carbocycles. The van der Waals surface area contributed by atoms with Gasteiger partial charge in [0.15, 0.2) is 5.79 Å². The SMILES string of the molecule is CC(COC(C)(C)O)c1ccnc(-c2cc(F)cc3ccsc23)c1. The van der Waals surface area contributed by atoms with Crippen LogP contribution in [-0.2, 0) is 4.74 Å². The fourth-order valence-electron chi connectivity index (χ4n) is 2.56. The maximum Gasteiger partial charge on any atom is 0.159 e. The molecule has 0 radical (unpaired) electrons. The molecule has 1 atom stereocenters. The minimum atomic E-state index is -1.16. The van der Waals surface area contributed by atoms with E-state index in [9.17, 15) is 9.50 Å². The molecule has 0 spiro atoms. The van der Waals surface area contributed by atoms with E-state index in [4.69, 9.17) is 4.74 Å². The zero-order chi connectivity index (χ0) is 17.3. The van der Waals surface area contributed by atoms with Crippen LogP contribution >= 0.6 is 11.3 Å². The minimum Gasteiger partial charge on any atom is -0.366 e. The van der Waals surface area contributed by atoms with Crippen molar-refractivity contribution in [2.75, 3.05) is 6.61 Å². The van der Waals surface area contributed by atoms with Gasteiger partial charge in [-0.05, 0) is 60.5 Å². The van der Waals surface area contributed by atoms with E-state index < -0.39 is 5.79 Å². The second-order valence-electron chi connectivity index (χ2n) is 6.43. The summed E-state index contributed by atoms with van der Waals surface area (Å²) in [7, 11) is 0. The van der Waals surface area contributed by atoms with Gasteiger partial charge in [0.2, 0.25) is 0 Å². The summed E-state index contributed by atoms with van der Waals surface area (Å²) in [5, 5.41) is 12.5. The molecule has 1 N–H and O–H groups in total. The van der Waals surface area contributed by atoms with Gasteiger partial charge in [0.1, 0.15) is 5.82 Å². The molecule has 3 nitrogen and oxygen atoms in total. The van der Waals surface area contributed by atoms with E-state index in [1.54, 1.807) is 37.4 Å². The van der Waals surface area contributed by atoms with E-state index in [1.165, 1.54) is 6.07 Å². The highest BCUT2D eigenvalue weighted by atomic mass is 32.1. The summed E-state index contributed by atoms with van der Waals surface area (Å²) in [4.78, 5) is 4.42. The second-order valence-corrected chi connectivity index (χ2v) is 7.34. The summed E-state index contributed by atoms with van der Waals surface area (Å²) in [5.41, 5.74) is 2.59. The van der Waals surface area contributed by atoms with E-state index in [0.29, 0.717) is 6.61 Å². The quantitative estimate of drug-likeness (QED) is 0.665. The van der Waals surface area contributed by atoms with Crippen LogP contribution in [0.5, 0.6) is 0 Å². The number of fused-ring (bicyclic) bond motifs is 1. The molecular weight excluding hydrogens is 325 g/mol. The molecule has 0 saturated heterocycles. The number of benzene rings is 1. The Morgan fingerprint density at radius 2 is 2.08 bits per heavy atom. The zero-order valence-corrected chi connectivity index (χ0v) is 14.7. The Balaban J connectivity index is 1.94. The van der Waals surface area contributed by atoms with Crippen LogP contribution in [0.25, 0.3) is 21.3 Å². The lowest BCUT2D eigenvalue weighted by Crippen LogP contribution is -2.25. The number of pyridine rings is 1. The first-order chi connectivity index (χ1) is 11.3. The lowest BCUT2D eigenvalue weighted by molar-refractivity contribution is -0.178. The molecule has 24 heavy (non-hydrogen) atoms. The maximum absolute atomic E-state index is 13.9. The number of rotatable bonds is 5. The van der Waals surface area contributed by atoms with Crippen molar-refractivity contribution in [3.63, 3.8) is 0 Å². The third-order valence-corrected chi connectivity index (χ3v) is 4.79. The highest BCUT2D eigenvalue weighted by Crippen LogP contribution is 2.33. The van der Waals surface area contributed by atoms with Crippen molar-refractivity contribution < 1.29 is 14.2 Å². The van der Waals surface area contributed by atoms with Gasteiger partial charge in [0, 0.05) is 22.4 Å². The summed E-state index contributed by atoms with van der Waals surface area (Å²) >= 11 is 1.58. The van der Waals surface area contributed by atoms with Crippen LogP contribution in [0.1, 0.15) is 32.3 Å². The van der Waals surface area contributed by atoms with Crippen molar-refractivity contribution >= 4 is 21.4 Å². The highest BCUT2D eigenvalue weighted by molar-refractivity contribution is 7.17. The molecule has 1 aromatic carbocycles. The average Bonchev–Trinajstić information content (AvgIpc) is 2.99. The van der Waals surface area contributed by atoms with Crippen LogP contribution in [0.2, 0.25) is 0 Å². The maximum atomic E-state index is 13.9. The first kappa shape index (κ1) is 17.0. The van der Waals surface area contributed by atoms with Gasteiger partial charge in [-0.25, -0.2) is 4.39 Å². The van der Waals surface area contributed by atoms with Crippen molar-refractivity contribution in [1.29, 1.82) is 0 Å². The Bertz CT molecular complexity index is 854. The molecule has 0 amide bonds. The summed E-state index contributed by atoms with van der Waals surface area (Å²) in [6.45, 7) is 5.64. The van der Waals surface area contributed by atoms with Crippen molar-refractivity contribution in [1.82, 2.24) is 4.98 Å². The largest absolute Gasteiger partial charge is 0.366 e. The number of aliphatic hydroxyl groups is 1. The molecule has 126 valence electrons. The first-order valence-corrected chi connectivity index (χ1v) is 8.71. The molecule has 2 heterocycles. The highest BCUT2D eigenvalue weighted by Gasteiger charge is 2.17. The predicted octanol–water partition coefficient (Wildman–Crippen LogP) is 4.95. The van der Waals surface area contributed by atoms with Crippen LogP contribution in [0.3, 0.4) is 0 Å². The molecule has 5 heteroatoms. The standard InChI is InChI=1S/C19H20FNO2S/c1-12(11-23-19(2,3)22)13-4-6-21-17(9-13)16-10-15(20)8-14-5-7-24-18(14)16/h4-10,12,22H,11H2,1-3H3. The molecule has 3 rings (SSSR count). The number of ether oxygens (including phenoxy) is 1. The third kappa shape index (κ3) is 3.80.